The number of rotatable bonds is 5. The Morgan fingerprint density at radius 2 is 1.88 bits per heavy atom. The minimum atomic E-state index is -3.52. The van der Waals surface area contributed by atoms with Crippen LogP contribution in [0.5, 0.6) is 0 Å². The summed E-state index contributed by atoms with van der Waals surface area (Å²) in [5.74, 6) is -0.477. The van der Waals surface area contributed by atoms with E-state index in [9.17, 15) is 13.2 Å². The van der Waals surface area contributed by atoms with Crippen molar-refractivity contribution >= 4 is 31.9 Å². The fourth-order valence-electron chi connectivity index (χ4n) is 1.18. The quantitative estimate of drug-likeness (QED) is 0.822. The van der Waals surface area contributed by atoms with E-state index in [1.54, 1.807) is 0 Å². The van der Waals surface area contributed by atoms with Crippen molar-refractivity contribution in [2.75, 3.05) is 12.3 Å². The summed E-state index contributed by atoms with van der Waals surface area (Å²) < 4.78 is 22.2. The van der Waals surface area contributed by atoms with Crippen molar-refractivity contribution in [3.05, 3.63) is 34.3 Å². The molecule has 0 heterocycles. The smallest absolute Gasteiger partial charge is 0.224 e. The minimum Gasteiger partial charge on any atom is -0.355 e. The highest BCUT2D eigenvalue weighted by Gasteiger charge is 2.06. The first kappa shape index (κ1) is 14.1. The Hall–Kier alpha value is -0.920. The first-order chi connectivity index (χ1) is 7.87. The van der Waals surface area contributed by atoms with Crippen molar-refractivity contribution in [2.24, 2.45) is 5.14 Å². The topological polar surface area (TPSA) is 89.3 Å². The van der Waals surface area contributed by atoms with Crippen molar-refractivity contribution in [1.29, 1.82) is 0 Å². The molecule has 1 aromatic rings. The SMILES string of the molecule is NS(=O)(=O)CCNC(=O)Cc1ccc(Br)cc1. The summed E-state index contributed by atoms with van der Waals surface area (Å²) in [6.07, 6.45) is 0.220. The fraction of sp³-hybridized carbons (Fsp3) is 0.300. The largest absolute Gasteiger partial charge is 0.355 e. The van der Waals surface area contributed by atoms with Crippen molar-refractivity contribution in [1.82, 2.24) is 5.32 Å². The highest BCUT2D eigenvalue weighted by atomic mass is 79.9. The normalized spacial score (nSPS) is 11.2. The van der Waals surface area contributed by atoms with Gasteiger partial charge in [-0.2, -0.15) is 0 Å². The molecule has 1 rings (SSSR count). The molecule has 0 aliphatic rings. The molecule has 3 N–H and O–H groups in total. The Morgan fingerprint density at radius 3 is 2.41 bits per heavy atom. The van der Waals surface area contributed by atoms with Gasteiger partial charge in [-0.05, 0) is 17.7 Å². The molecule has 0 radical (unpaired) electrons. The van der Waals surface area contributed by atoms with Crippen molar-refractivity contribution in [3.63, 3.8) is 0 Å². The predicted octanol–water partition coefficient (Wildman–Crippen LogP) is 0.396. The molecule has 0 aromatic heterocycles. The van der Waals surface area contributed by atoms with Crippen LogP contribution in [0.2, 0.25) is 0 Å². The zero-order valence-electron chi connectivity index (χ0n) is 9.02. The second kappa shape index (κ2) is 6.13. The van der Waals surface area contributed by atoms with Gasteiger partial charge in [-0.25, -0.2) is 13.6 Å². The van der Waals surface area contributed by atoms with Crippen LogP contribution in [0.25, 0.3) is 0 Å². The van der Waals surface area contributed by atoms with E-state index in [1.165, 1.54) is 0 Å². The van der Waals surface area contributed by atoms with Gasteiger partial charge in [0.15, 0.2) is 0 Å². The molecule has 17 heavy (non-hydrogen) atoms. The second-order valence-electron chi connectivity index (χ2n) is 3.52. The number of halogens is 1. The molecule has 0 bridgehead atoms. The van der Waals surface area contributed by atoms with Crippen LogP contribution in [0, 0.1) is 0 Å². The Labute approximate surface area is 109 Å². The van der Waals surface area contributed by atoms with Gasteiger partial charge in [0, 0.05) is 11.0 Å². The van der Waals surface area contributed by atoms with Crippen LogP contribution in [0.1, 0.15) is 5.56 Å². The molecular weight excluding hydrogens is 308 g/mol. The highest BCUT2D eigenvalue weighted by Crippen LogP contribution is 2.10. The molecule has 0 unspecified atom stereocenters. The van der Waals surface area contributed by atoms with E-state index in [1.807, 2.05) is 24.3 Å². The number of amides is 1. The Balaban J connectivity index is 2.37. The Bertz CT molecular complexity index is 485. The van der Waals surface area contributed by atoms with Gasteiger partial charge in [0.1, 0.15) is 0 Å². The monoisotopic (exact) mass is 320 g/mol. The number of nitrogens with one attached hydrogen (secondary N) is 1. The number of primary sulfonamides is 1. The van der Waals surface area contributed by atoms with Gasteiger partial charge in [-0.1, -0.05) is 28.1 Å². The van der Waals surface area contributed by atoms with Gasteiger partial charge in [-0.3, -0.25) is 4.79 Å². The van der Waals surface area contributed by atoms with Gasteiger partial charge in [0.25, 0.3) is 0 Å². The number of hydrogen-bond donors (Lipinski definition) is 2. The van der Waals surface area contributed by atoms with Crippen LogP contribution in [-0.2, 0) is 21.2 Å². The summed E-state index contributed by atoms with van der Waals surface area (Å²) in [5.41, 5.74) is 0.862. The molecule has 0 spiro atoms. The zero-order valence-corrected chi connectivity index (χ0v) is 11.4. The van der Waals surface area contributed by atoms with Crippen LogP contribution in [0.15, 0.2) is 28.7 Å². The molecule has 94 valence electrons. The molecule has 0 atom stereocenters. The summed E-state index contributed by atoms with van der Waals surface area (Å²) >= 11 is 3.29. The summed E-state index contributed by atoms with van der Waals surface area (Å²) in [7, 11) is -3.52. The molecule has 0 saturated carbocycles. The van der Waals surface area contributed by atoms with Gasteiger partial charge in [0.05, 0.1) is 12.2 Å². The molecule has 7 heteroatoms. The third-order valence-corrected chi connectivity index (χ3v) is 3.29. The standard InChI is InChI=1S/C10H13BrN2O3S/c11-9-3-1-8(2-4-9)7-10(14)13-5-6-17(12,15)16/h1-4H,5-7H2,(H,13,14)(H2,12,15,16). The Morgan fingerprint density at radius 1 is 1.29 bits per heavy atom. The van der Waals surface area contributed by atoms with Crippen molar-refractivity contribution < 1.29 is 13.2 Å². The maximum absolute atomic E-state index is 11.4. The van der Waals surface area contributed by atoms with E-state index in [0.29, 0.717) is 0 Å². The first-order valence-electron chi connectivity index (χ1n) is 4.88. The number of hydrogen-bond acceptors (Lipinski definition) is 3. The average molecular weight is 321 g/mol. The van der Waals surface area contributed by atoms with Gasteiger partial charge < -0.3 is 5.32 Å². The van der Waals surface area contributed by atoms with Crippen LogP contribution in [0.3, 0.4) is 0 Å². The third kappa shape index (κ3) is 6.40. The molecule has 5 nitrogen and oxygen atoms in total. The maximum Gasteiger partial charge on any atom is 0.224 e. The van der Waals surface area contributed by atoms with E-state index in [2.05, 4.69) is 21.2 Å². The lowest BCUT2D eigenvalue weighted by molar-refractivity contribution is -0.120. The Kier molecular flexibility index (Phi) is 5.10. The summed E-state index contributed by atoms with van der Waals surface area (Å²) in [4.78, 5) is 11.4. The highest BCUT2D eigenvalue weighted by molar-refractivity contribution is 9.10. The summed E-state index contributed by atoms with van der Waals surface area (Å²) in [6, 6.07) is 7.33. The molecular formula is C10H13BrN2O3S. The lowest BCUT2D eigenvalue weighted by Gasteiger charge is -2.04. The van der Waals surface area contributed by atoms with Crippen LogP contribution < -0.4 is 10.5 Å². The predicted molar refractivity (Wildman–Crippen MR) is 68.8 cm³/mol. The number of nitrogens with two attached hydrogens (primary N) is 1. The van der Waals surface area contributed by atoms with E-state index in [0.717, 1.165) is 10.0 Å². The van der Waals surface area contributed by atoms with Crippen LogP contribution in [-0.4, -0.2) is 26.6 Å². The number of carbonyl (C=O) groups is 1. The van der Waals surface area contributed by atoms with Crippen LogP contribution in [0.4, 0.5) is 0 Å². The lowest BCUT2D eigenvalue weighted by Crippen LogP contribution is -2.32. The average Bonchev–Trinajstić information content (AvgIpc) is 2.19. The van der Waals surface area contributed by atoms with Gasteiger partial charge in [0.2, 0.25) is 15.9 Å². The third-order valence-electron chi connectivity index (χ3n) is 1.99. The van der Waals surface area contributed by atoms with Gasteiger partial charge >= 0.3 is 0 Å². The summed E-state index contributed by atoms with van der Waals surface area (Å²) in [5, 5.41) is 7.30. The molecule has 0 fully saturated rings. The minimum absolute atomic E-state index is 0.0359. The van der Waals surface area contributed by atoms with Gasteiger partial charge in [-0.15, -0.1) is 0 Å². The van der Waals surface area contributed by atoms with E-state index in [-0.39, 0.29) is 24.6 Å². The van der Waals surface area contributed by atoms with E-state index in [4.69, 9.17) is 5.14 Å². The van der Waals surface area contributed by atoms with E-state index >= 15 is 0 Å². The number of carbonyl (C=O) groups excluding carboxylic acids is 1. The molecule has 1 amide bonds. The number of sulfonamides is 1. The lowest BCUT2D eigenvalue weighted by atomic mass is 10.1. The molecule has 1 aromatic carbocycles. The van der Waals surface area contributed by atoms with Crippen molar-refractivity contribution in [2.45, 2.75) is 6.42 Å². The molecule has 0 saturated heterocycles. The molecule has 0 aliphatic carbocycles. The zero-order chi connectivity index (χ0) is 12.9. The molecule has 0 aliphatic heterocycles. The van der Waals surface area contributed by atoms with E-state index < -0.39 is 10.0 Å². The maximum atomic E-state index is 11.4. The van der Waals surface area contributed by atoms with Crippen molar-refractivity contribution in [3.8, 4) is 0 Å². The number of benzene rings is 1. The second-order valence-corrected chi connectivity index (χ2v) is 6.17. The fourth-order valence-corrected chi connectivity index (χ4v) is 1.83. The summed E-state index contributed by atoms with van der Waals surface area (Å²) in [6.45, 7) is 0.0359. The van der Waals surface area contributed by atoms with Crippen LogP contribution >= 0.6 is 15.9 Å². The first-order valence-corrected chi connectivity index (χ1v) is 7.39.